The molecule has 0 saturated carbocycles. The minimum absolute atomic E-state index is 0.335. The lowest BCUT2D eigenvalue weighted by Crippen LogP contribution is -2.14. The molecule has 0 N–H and O–H groups in total. The number of hydrogen-bond acceptors (Lipinski definition) is 4. The first-order valence-corrected chi connectivity index (χ1v) is 10.5. The van der Waals surface area contributed by atoms with Crippen molar-refractivity contribution in [1.82, 2.24) is 0 Å². The van der Waals surface area contributed by atoms with Gasteiger partial charge in [0, 0.05) is 6.42 Å². The lowest BCUT2D eigenvalue weighted by molar-refractivity contribution is 0.143. The average Bonchev–Trinajstić information content (AvgIpc) is 3.02. The molecule has 0 unspecified atom stereocenters. The second kappa shape index (κ2) is 11.7. The normalized spacial score (nSPS) is 13.9. The number of hydrogen-bond donors (Lipinski definition) is 0. The van der Waals surface area contributed by atoms with E-state index in [2.05, 4.69) is 37.2 Å². The standard InChI is InChI=1S/C26H29NO3/c1-3-18-29-27-26(20-28-25-15-8-10-21(4-2)19-25)22-11-9-14-24(17-16-22)30-23-12-6-5-7-13-23/h5-16,19H,3-4,17-18,20H2,1-2H3/b27-26+. The van der Waals surface area contributed by atoms with E-state index >= 15 is 0 Å². The van der Waals surface area contributed by atoms with Gasteiger partial charge in [-0.3, -0.25) is 0 Å². The van der Waals surface area contributed by atoms with Crippen molar-refractivity contribution < 1.29 is 14.3 Å². The van der Waals surface area contributed by atoms with Crippen LogP contribution in [-0.4, -0.2) is 18.9 Å². The highest BCUT2D eigenvalue weighted by atomic mass is 16.6. The minimum Gasteiger partial charge on any atom is -0.487 e. The van der Waals surface area contributed by atoms with E-state index in [1.165, 1.54) is 5.56 Å². The first-order chi connectivity index (χ1) is 14.8. The van der Waals surface area contributed by atoms with Gasteiger partial charge in [-0.2, -0.15) is 0 Å². The van der Waals surface area contributed by atoms with Crippen LogP contribution in [0.1, 0.15) is 32.3 Å². The van der Waals surface area contributed by atoms with Gasteiger partial charge in [-0.25, -0.2) is 0 Å². The van der Waals surface area contributed by atoms with Gasteiger partial charge in [0.1, 0.15) is 36.2 Å². The number of benzene rings is 2. The van der Waals surface area contributed by atoms with Crippen LogP contribution in [0.5, 0.6) is 11.5 Å². The van der Waals surface area contributed by atoms with E-state index in [9.17, 15) is 0 Å². The third-order valence-electron chi connectivity index (χ3n) is 4.56. The molecule has 0 aromatic heterocycles. The van der Waals surface area contributed by atoms with Crippen LogP contribution in [0.25, 0.3) is 0 Å². The summed E-state index contributed by atoms with van der Waals surface area (Å²) in [6, 6.07) is 17.9. The Bertz CT molecular complexity index is 926. The van der Waals surface area contributed by atoms with E-state index in [0.29, 0.717) is 19.6 Å². The predicted molar refractivity (Wildman–Crippen MR) is 122 cm³/mol. The zero-order valence-electron chi connectivity index (χ0n) is 17.7. The van der Waals surface area contributed by atoms with E-state index in [-0.39, 0.29) is 0 Å². The van der Waals surface area contributed by atoms with Crippen molar-refractivity contribution in [3.8, 4) is 11.5 Å². The number of ether oxygens (including phenoxy) is 2. The molecule has 4 heteroatoms. The van der Waals surface area contributed by atoms with Crippen molar-refractivity contribution in [3.63, 3.8) is 0 Å². The Morgan fingerprint density at radius 1 is 1.00 bits per heavy atom. The van der Waals surface area contributed by atoms with Crippen LogP contribution in [0.3, 0.4) is 0 Å². The first-order valence-electron chi connectivity index (χ1n) is 10.5. The van der Waals surface area contributed by atoms with Crippen molar-refractivity contribution in [2.45, 2.75) is 33.1 Å². The SMILES string of the molecule is CCCO/N=C(\COc1cccc(CC)c1)C1=CCC(Oc2ccccc2)=CC=C1. The summed E-state index contributed by atoms with van der Waals surface area (Å²) in [5.41, 5.74) is 2.98. The fraction of sp³-hybridized carbons (Fsp3) is 0.269. The molecule has 0 aliphatic heterocycles. The van der Waals surface area contributed by atoms with Gasteiger partial charge in [0.05, 0.1) is 0 Å². The van der Waals surface area contributed by atoms with Crippen LogP contribution in [0.2, 0.25) is 0 Å². The molecule has 0 heterocycles. The van der Waals surface area contributed by atoms with E-state index < -0.39 is 0 Å². The largest absolute Gasteiger partial charge is 0.487 e. The summed E-state index contributed by atoms with van der Waals surface area (Å²) in [5, 5.41) is 4.35. The molecule has 0 fully saturated rings. The smallest absolute Gasteiger partial charge is 0.134 e. The van der Waals surface area contributed by atoms with Crippen molar-refractivity contribution in [2.75, 3.05) is 13.2 Å². The molecule has 4 nitrogen and oxygen atoms in total. The van der Waals surface area contributed by atoms with Gasteiger partial charge < -0.3 is 14.3 Å². The molecule has 0 atom stereocenters. The molecule has 0 saturated heterocycles. The minimum atomic E-state index is 0.335. The number of rotatable bonds is 10. The van der Waals surface area contributed by atoms with Gasteiger partial charge in [-0.15, -0.1) is 0 Å². The second-order valence-corrected chi connectivity index (χ2v) is 6.93. The van der Waals surface area contributed by atoms with Crippen LogP contribution in [0.15, 0.2) is 95.4 Å². The fourth-order valence-electron chi connectivity index (χ4n) is 2.92. The highest BCUT2D eigenvalue weighted by molar-refractivity contribution is 6.03. The molecule has 0 bridgehead atoms. The molecule has 2 aromatic rings. The number of allylic oxidation sites excluding steroid dienone is 4. The third-order valence-corrected chi connectivity index (χ3v) is 4.56. The number of para-hydroxylation sites is 1. The quantitative estimate of drug-likeness (QED) is 0.267. The van der Waals surface area contributed by atoms with Gasteiger partial charge in [-0.05, 0) is 54.3 Å². The Morgan fingerprint density at radius 3 is 2.63 bits per heavy atom. The molecule has 1 aliphatic carbocycles. The van der Waals surface area contributed by atoms with Gasteiger partial charge in [0.25, 0.3) is 0 Å². The molecule has 30 heavy (non-hydrogen) atoms. The Kier molecular flexibility index (Phi) is 8.34. The second-order valence-electron chi connectivity index (χ2n) is 6.93. The maximum atomic E-state index is 6.02. The Balaban J connectivity index is 1.69. The number of oxime groups is 1. The predicted octanol–water partition coefficient (Wildman–Crippen LogP) is 6.26. The van der Waals surface area contributed by atoms with Crippen LogP contribution in [-0.2, 0) is 11.3 Å². The van der Waals surface area contributed by atoms with Gasteiger partial charge in [0.15, 0.2) is 0 Å². The van der Waals surface area contributed by atoms with E-state index in [1.807, 2.05) is 60.7 Å². The van der Waals surface area contributed by atoms with Crippen LogP contribution in [0.4, 0.5) is 0 Å². The van der Waals surface area contributed by atoms with Crippen LogP contribution in [0, 0.1) is 0 Å². The molecular weight excluding hydrogens is 374 g/mol. The molecule has 1 aliphatic rings. The average molecular weight is 404 g/mol. The molecule has 3 rings (SSSR count). The summed E-state index contributed by atoms with van der Waals surface area (Å²) >= 11 is 0. The maximum absolute atomic E-state index is 6.02. The summed E-state index contributed by atoms with van der Waals surface area (Å²) < 4.78 is 12.0. The summed E-state index contributed by atoms with van der Waals surface area (Å²) in [4.78, 5) is 5.48. The van der Waals surface area contributed by atoms with Gasteiger partial charge in [0.2, 0.25) is 0 Å². The Hall–Kier alpha value is -3.27. The van der Waals surface area contributed by atoms with E-state index in [0.717, 1.165) is 41.4 Å². The fourth-order valence-corrected chi connectivity index (χ4v) is 2.92. The summed E-state index contributed by atoms with van der Waals surface area (Å²) in [7, 11) is 0. The molecule has 0 radical (unpaired) electrons. The molecule has 2 aromatic carbocycles. The zero-order valence-corrected chi connectivity index (χ0v) is 17.7. The lowest BCUT2D eigenvalue weighted by atomic mass is 10.1. The first kappa shape index (κ1) is 21.4. The molecule has 0 spiro atoms. The Labute approximate surface area is 179 Å². The molecular formula is C26H29NO3. The topological polar surface area (TPSA) is 40.0 Å². The van der Waals surface area contributed by atoms with Crippen molar-refractivity contribution in [3.05, 3.63) is 95.8 Å². The highest BCUT2D eigenvalue weighted by Crippen LogP contribution is 2.20. The highest BCUT2D eigenvalue weighted by Gasteiger charge is 2.11. The lowest BCUT2D eigenvalue weighted by Gasteiger charge is -2.11. The Morgan fingerprint density at radius 2 is 1.83 bits per heavy atom. The molecule has 156 valence electrons. The van der Waals surface area contributed by atoms with E-state index in [1.54, 1.807) is 0 Å². The summed E-state index contributed by atoms with van der Waals surface area (Å²) in [6.45, 7) is 5.10. The van der Waals surface area contributed by atoms with Crippen molar-refractivity contribution >= 4 is 5.71 Å². The van der Waals surface area contributed by atoms with E-state index in [4.69, 9.17) is 14.3 Å². The zero-order chi connectivity index (χ0) is 21.0. The summed E-state index contributed by atoms with van der Waals surface area (Å²) in [6.07, 6.45) is 10.6. The van der Waals surface area contributed by atoms with Crippen LogP contribution >= 0.6 is 0 Å². The van der Waals surface area contributed by atoms with Crippen LogP contribution < -0.4 is 9.47 Å². The van der Waals surface area contributed by atoms with Crippen molar-refractivity contribution in [1.29, 1.82) is 0 Å². The number of nitrogens with zero attached hydrogens (tertiary/aromatic N) is 1. The third kappa shape index (κ3) is 6.66. The molecule has 0 amide bonds. The van der Waals surface area contributed by atoms with Crippen molar-refractivity contribution in [2.24, 2.45) is 5.16 Å². The van der Waals surface area contributed by atoms with Gasteiger partial charge >= 0.3 is 0 Å². The number of aryl methyl sites for hydroxylation is 1. The monoisotopic (exact) mass is 403 g/mol. The maximum Gasteiger partial charge on any atom is 0.134 e. The summed E-state index contributed by atoms with van der Waals surface area (Å²) in [5.74, 6) is 2.54. The van der Waals surface area contributed by atoms with Gasteiger partial charge in [-0.1, -0.05) is 67.6 Å².